The van der Waals surface area contributed by atoms with Gasteiger partial charge >= 0.3 is 0 Å². The Kier molecular flexibility index (Phi) is 7.52. The summed E-state index contributed by atoms with van der Waals surface area (Å²) in [5.41, 5.74) is 2.14. The number of carbonyl (C=O) groups excluding carboxylic acids is 1. The molecule has 114 valence electrons. The number of nitrogens with zero attached hydrogens (tertiary/aromatic N) is 1. The highest BCUT2D eigenvalue weighted by Crippen LogP contribution is 2.08. The van der Waals surface area contributed by atoms with Gasteiger partial charge in [0.1, 0.15) is 0 Å². The zero-order chi connectivity index (χ0) is 15.7. The van der Waals surface area contributed by atoms with E-state index < -0.39 is 0 Å². The third kappa shape index (κ3) is 6.44. The van der Waals surface area contributed by atoms with Crippen molar-refractivity contribution in [1.82, 2.24) is 10.2 Å². The van der Waals surface area contributed by atoms with E-state index in [-0.39, 0.29) is 18.4 Å². The van der Waals surface area contributed by atoms with Crippen molar-refractivity contribution >= 4 is 5.91 Å². The summed E-state index contributed by atoms with van der Waals surface area (Å²) < 4.78 is 0. The molecule has 0 spiro atoms. The van der Waals surface area contributed by atoms with Gasteiger partial charge in [0.25, 0.3) is 0 Å². The number of hydrogen-bond acceptors (Lipinski definition) is 3. The molecule has 0 aliphatic heterocycles. The van der Waals surface area contributed by atoms with Crippen LogP contribution in [0.5, 0.6) is 0 Å². The predicted octanol–water partition coefficient (Wildman–Crippen LogP) is 1.23. The standard InChI is InChI=1S/C17H24N2O2/c1-14(17(21)18-2)12-19(3)13-16-9-7-15(8-10-16)6-4-5-11-20/h7-10,14,20H,5,11-13H2,1-3H3,(H,18,21). The summed E-state index contributed by atoms with van der Waals surface area (Å²) in [5, 5.41) is 11.3. The van der Waals surface area contributed by atoms with Crippen molar-refractivity contribution in [2.45, 2.75) is 19.9 Å². The number of nitrogens with one attached hydrogen (secondary N) is 1. The van der Waals surface area contributed by atoms with Gasteiger partial charge in [0, 0.05) is 38.0 Å². The van der Waals surface area contributed by atoms with E-state index in [1.54, 1.807) is 7.05 Å². The quantitative estimate of drug-likeness (QED) is 0.774. The SMILES string of the molecule is CNC(=O)C(C)CN(C)Cc1ccc(C#CCCO)cc1. The van der Waals surface area contributed by atoms with Gasteiger partial charge in [-0.1, -0.05) is 30.9 Å². The van der Waals surface area contributed by atoms with Gasteiger partial charge in [0.15, 0.2) is 0 Å². The van der Waals surface area contributed by atoms with E-state index >= 15 is 0 Å². The molecule has 0 aliphatic carbocycles. The molecule has 0 aromatic heterocycles. The average Bonchev–Trinajstić information content (AvgIpc) is 2.48. The van der Waals surface area contributed by atoms with Crippen molar-refractivity contribution in [3.63, 3.8) is 0 Å². The molecule has 1 aromatic rings. The molecule has 1 aromatic carbocycles. The number of rotatable bonds is 6. The summed E-state index contributed by atoms with van der Waals surface area (Å²) in [6.07, 6.45) is 0.502. The lowest BCUT2D eigenvalue weighted by atomic mass is 10.1. The van der Waals surface area contributed by atoms with Gasteiger partial charge in [0.2, 0.25) is 5.91 Å². The molecule has 1 amide bonds. The van der Waals surface area contributed by atoms with Crippen LogP contribution < -0.4 is 5.32 Å². The molecule has 0 saturated carbocycles. The summed E-state index contributed by atoms with van der Waals surface area (Å²) in [7, 11) is 3.67. The van der Waals surface area contributed by atoms with Crippen LogP contribution >= 0.6 is 0 Å². The minimum atomic E-state index is -0.0244. The maximum absolute atomic E-state index is 11.5. The van der Waals surface area contributed by atoms with E-state index in [1.165, 1.54) is 5.56 Å². The first-order valence-corrected chi connectivity index (χ1v) is 7.15. The topological polar surface area (TPSA) is 52.6 Å². The molecule has 0 bridgehead atoms. The number of aliphatic hydroxyl groups excluding tert-OH is 1. The number of carbonyl (C=O) groups is 1. The number of benzene rings is 1. The Morgan fingerprint density at radius 2 is 2.05 bits per heavy atom. The van der Waals surface area contributed by atoms with Crippen LogP contribution in [0.15, 0.2) is 24.3 Å². The maximum atomic E-state index is 11.5. The van der Waals surface area contributed by atoms with Gasteiger partial charge in [-0.3, -0.25) is 4.79 Å². The Labute approximate surface area is 127 Å². The van der Waals surface area contributed by atoms with Crippen molar-refractivity contribution in [3.05, 3.63) is 35.4 Å². The fourth-order valence-corrected chi connectivity index (χ4v) is 2.09. The smallest absolute Gasteiger partial charge is 0.223 e. The van der Waals surface area contributed by atoms with E-state index in [1.807, 2.05) is 38.2 Å². The van der Waals surface area contributed by atoms with Gasteiger partial charge in [0.05, 0.1) is 6.61 Å². The highest BCUT2D eigenvalue weighted by molar-refractivity contribution is 5.78. The van der Waals surface area contributed by atoms with Crippen LogP contribution in [0.2, 0.25) is 0 Å². The highest BCUT2D eigenvalue weighted by Gasteiger charge is 2.13. The molecule has 2 N–H and O–H groups in total. The first-order chi connectivity index (χ1) is 10.1. The maximum Gasteiger partial charge on any atom is 0.223 e. The van der Waals surface area contributed by atoms with Crippen LogP contribution in [0.4, 0.5) is 0 Å². The van der Waals surface area contributed by atoms with Crippen LogP contribution in [0.1, 0.15) is 24.5 Å². The van der Waals surface area contributed by atoms with Crippen LogP contribution in [0.25, 0.3) is 0 Å². The third-order valence-electron chi connectivity index (χ3n) is 3.16. The molecule has 0 saturated heterocycles. The first kappa shape index (κ1) is 17.2. The van der Waals surface area contributed by atoms with Crippen LogP contribution in [-0.4, -0.2) is 43.2 Å². The van der Waals surface area contributed by atoms with Crippen molar-refractivity contribution in [2.75, 3.05) is 27.2 Å². The van der Waals surface area contributed by atoms with Gasteiger partial charge in [-0.15, -0.1) is 0 Å². The molecule has 1 unspecified atom stereocenters. The lowest BCUT2D eigenvalue weighted by Gasteiger charge is -2.20. The second-order valence-corrected chi connectivity index (χ2v) is 5.18. The summed E-state index contributed by atoms with van der Waals surface area (Å²) in [6, 6.07) is 8.06. The van der Waals surface area contributed by atoms with Crippen LogP contribution in [-0.2, 0) is 11.3 Å². The highest BCUT2D eigenvalue weighted by atomic mass is 16.2. The summed E-state index contributed by atoms with van der Waals surface area (Å²) in [4.78, 5) is 13.6. The molecule has 1 rings (SSSR count). The second-order valence-electron chi connectivity index (χ2n) is 5.18. The zero-order valence-corrected chi connectivity index (χ0v) is 13.0. The monoisotopic (exact) mass is 288 g/mol. The number of amides is 1. The molecular weight excluding hydrogens is 264 g/mol. The Bertz CT molecular complexity index is 500. The number of aliphatic hydroxyl groups is 1. The lowest BCUT2D eigenvalue weighted by molar-refractivity contribution is -0.124. The molecule has 0 aliphatic rings. The largest absolute Gasteiger partial charge is 0.395 e. The zero-order valence-electron chi connectivity index (χ0n) is 13.0. The molecule has 1 atom stereocenters. The van der Waals surface area contributed by atoms with Gasteiger partial charge in [-0.25, -0.2) is 0 Å². The van der Waals surface area contributed by atoms with Gasteiger partial charge in [-0.05, 0) is 24.7 Å². The fraction of sp³-hybridized carbons (Fsp3) is 0.471. The molecule has 4 heteroatoms. The Morgan fingerprint density at radius 3 is 2.62 bits per heavy atom. The Balaban J connectivity index is 2.52. The second kappa shape index (κ2) is 9.17. The van der Waals surface area contributed by atoms with Crippen molar-refractivity contribution < 1.29 is 9.90 Å². The first-order valence-electron chi connectivity index (χ1n) is 7.15. The lowest BCUT2D eigenvalue weighted by Crippen LogP contribution is -2.34. The fourth-order valence-electron chi connectivity index (χ4n) is 2.09. The van der Waals surface area contributed by atoms with Crippen molar-refractivity contribution in [1.29, 1.82) is 0 Å². The molecule has 0 fully saturated rings. The van der Waals surface area contributed by atoms with Crippen LogP contribution in [0.3, 0.4) is 0 Å². The van der Waals surface area contributed by atoms with E-state index in [0.717, 1.165) is 18.7 Å². The van der Waals surface area contributed by atoms with E-state index in [0.29, 0.717) is 6.42 Å². The average molecular weight is 288 g/mol. The molecule has 0 radical (unpaired) electrons. The Hall–Kier alpha value is -1.83. The van der Waals surface area contributed by atoms with Crippen LogP contribution in [0, 0.1) is 17.8 Å². The molecule has 21 heavy (non-hydrogen) atoms. The molecular formula is C17H24N2O2. The minimum absolute atomic E-state index is 0.0244. The summed E-state index contributed by atoms with van der Waals surface area (Å²) >= 11 is 0. The predicted molar refractivity (Wildman–Crippen MR) is 84.6 cm³/mol. The molecule has 4 nitrogen and oxygen atoms in total. The summed E-state index contributed by atoms with van der Waals surface area (Å²) in [5.74, 6) is 5.95. The van der Waals surface area contributed by atoms with Gasteiger partial charge < -0.3 is 15.3 Å². The minimum Gasteiger partial charge on any atom is -0.395 e. The van der Waals surface area contributed by atoms with E-state index in [2.05, 4.69) is 22.1 Å². The third-order valence-corrected chi connectivity index (χ3v) is 3.16. The number of hydrogen-bond donors (Lipinski definition) is 2. The van der Waals surface area contributed by atoms with Crippen molar-refractivity contribution in [2.24, 2.45) is 5.92 Å². The van der Waals surface area contributed by atoms with E-state index in [9.17, 15) is 4.79 Å². The van der Waals surface area contributed by atoms with E-state index in [4.69, 9.17) is 5.11 Å². The molecule has 0 heterocycles. The summed E-state index contributed by atoms with van der Waals surface area (Å²) in [6.45, 7) is 3.54. The van der Waals surface area contributed by atoms with Crippen molar-refractivity contribution in [3.8, 4) is 11.8 Å². The Morgan fingerprint density at radius 1 is 1.38 bits per heavy atom. The van der Waals surface area contributed by atoms with Gasteiger partial charge in [-0.2, -0.15) is 0 Å². The normalized spacial score (nSPS) is 11.7.